The first-order valence-electron chi connectivity index (χ1n) is 7.23. The summed E-state index contributed by atoms with van der Waals surface area (Å²) in [4.78, 5) is 28.1. The van der Waals surface area contributed by atoms with Crippen LogP contribution in [-0.2, 0) is 12.8 Å². The Morgan fingerprint density at radius 2 is 2.20 bits per heavy atom. The summed E-state index contributed by atoms with van der Waals surface area (Å²) in [6.45, 7) is 0. The number of halogens is 1. The molecule has 3 aromatic rings. The van der Waals surface area contributed by atoms with Gasteiger partial charge in [-0.1, -0.05) is 23.9 Å². The first-order valence-corrected chi connectivity index (χ1v) is 8.21. The van der Waals surface area contributed by atoms with Gasteiger partial charge in [0.25, 0.3) is 0 Å². The third-order valence-electron chi connectivity index (χ3n) is 3.27. The van der Waals surface area contributed by atoms with Gasteiger partial charge in [-0.2, -0.15) is 0 Å². The van der Waals surface area contributed by atoms with E-state index >= 15 is 0 Å². The summed E-state index contributed by atoms with van der Waals surface area (Å²) < 4.78 is 25.6. The van der Waals surface area contributed by atoms with Gasteiger partial charge in [0.1, 0.15) is 17.8 Å². The van der Waals surface area contributed by atoms with Gasteiger partial charge in [0.05, 0.1) is 11.3 Å². The number of benzene rings is 1. The minimum atomic E-state index is -0.958. The molecule has 0 spiro atoms. The van der Waals surface area contributed by atoms with E-state index in [-0.39, 0.29) is 11.3 Å². The molecule has 0 amide bonds. The zero-order chi connectivity index (χ0) is 17.8. The third kappa shape index (κ3) is 3.97. The average molecular weight is 360 g/mol. The predicted molar refractivity (Wildman–Crippen MR) is 89.1 cm³/mol. The van der Waals surface area contributed by atoms with E-state index in [9.17, 15) is 14.0 Å². The number of hydrogen-bond acceptors (Lipinski definition) is 6. The molecule has 0 aliphatic rings. The quantitative estimate of drug-likeness (QED) is 0.514. The maximum Gasteiger partial charge on any atom is 0.346 e. The van der Waals surface area contributed by atoms with Gasteiger partial charge < -0.3 is 13.7 Å². The third-order valence-corrected chi connectivity index (χ3v) is 4.35. The summed E-state index contributed by atoms with van der Waals surface area (Å²) >= 11 is 1.40. The smallest absolute Gasteiger partial charge is 0.346 e. The van der Waals surface area contributed by atoms with Crippen LogP contribution in [0.1, 0.15) is 16.1 Å². The van der Waals surface area contributed by atoms with Gasteiger partial charge in [-0.05, 0) is 12.1 Å². The molecule has 3 rings (SSSR count). The Morgan fingerprint density at radius 3 is 2.88 bits per heavy atom. The van der Waals surface area contributed by atoms with Gasteiger partial charge in [0.15, 0.2) is 5.16 Å². The molecule has 0 N–H and O–H groups in total. The number of esters is 1. The van der Waals surface area contributed by atoms with Gasteiger partial charge in [0.2, 0.25) is 11.2 Å². The average Bonchev–Trinajstić information content (AvgIpc) is 3.00. The van der Waals surface area contributed by atoms with E-state index in [0.29, 0.717) is 11.5 Å². The molecule has 0 saturated carbocycles. The van der Waals surface area contributed by atoms with Crippen molar-refractivity contribution in [3.63, 3.8) is 0 Å². The molecule has 8 heteroatoms. The van der Waals surface area contributed by atoms with Gasteiger partial charge in [-0.3, -0.25) is 4.79 Å². The maximum absolute atomic E-state index is 13.6. The fourth-order valence-corrected chi connectivity index (χ4v) is 2.82. The second kappa shape index (κ2) is 7.35. The highest BCUT2D eigenvalue weighted by Gasteiger charge is 2.16. The highest BCUT2D eigenvalue weighted by atomic mass is 32.2. The van der Waals surface area contributed by atoms with Crippen molar-refractivity contribution >= 4 is 17.7 Å². The Bertz CT molecular complexity index is 967. The van der Waals surface area contributed by atoms with E-state index in [1.165, 1.54) is 36.0 Å². The van der Waals surface area contributed by atoms with E-state index < -0.39 is 17.2 Å². The molecule has 1 aromatic carbocycles. The normalized spacial score (nSPS) is 10.6. The lowest BCUT2D eigenvalue weighted by Crippen LogP contribution is -2.15. The molecule has 128 valence electrons. The van der Waals surface area contributed by atoms with Crippen molar-refractivity contribution in [1.82, 2.24) is 9.55 Å². The van der Waals surface area contributed by atoms with E-state index in [2.05, 4.69) is 4.98 Å². The lowest BCUT2D eigenvalue weighted by molar-refractivity contribution is 0.0724. The van der Waals surface area contributed by atoms with Gasteiger partial charge in [0, 0.05) is 25.5 Å². The molecule has 0 atom stereocenters. The number of imidazole rings is 1. The summed E-state index contributed by atoms with van der Waals surface area (Å²) in [5.41, 5.74) is -0.775. The molecule has 0 saturated heterocycles. The number of thioether (sulfide) groups is 1. The molecule has 2 aromatic heterocycles. The number of rotatable bonds is 5. The molecular formula is C17H13FN2O4S. The summed E-state index contributed by atoms with van der Waals surface area (Å²) in [5, 5.41) is 0.776. The maximum atomic E-state index is 13.6. The highest BCUT2D eigenvalue weighted by molar-refractivity contribution is 7.98. The van der Waals surface area contributed by atoms with Crippen LogP contribution < -0.4 is 10.2 Å². The van der Waals surface area contributed by atoms with Crippen molar-refractivity contribution in [2.24, 2.45) is 7.05 Å². The number of nitrogens with zero attached hydrogens (tertiary/aromatic N) is 2. The standard InChI is InChI=1S/C17H13FN2O4S/c1-20-7-6-19-17(20)25-10-11-8-14(21)15(9-23-11)24-16(22)12-4-2-3-5-13(12)18/h2-9H,10H2,1H3. The van der Waals surface area contributed by atoms with Crippen LogP contribution in [0.4, 0.5) is 4.39 Å². The Labute approximate surface area is 146 Å². The second-order valence-electron chi connectivity index (χ2n) is 5.05. The van der Waals surface area contributed by atoms with Gasteiger partial charge >= 0.3 is 5.97 Å². The SMILES string of the molecule is Cn1ccnc1SCc1cc(=O)c(OC(=O)c2ccccc2F)co1. The van der Waals surface area contributed by atoms with Crippen molar-refractivity contribution in [2.75, 3.05) is 0 Å². The fourth-order valence-electron chi connectivity index (χ4n) is 2.00. The molecule has 0 radical (unpaired) electrons. The predicted octanol–water partition coefficient (Wildman–Crippen LogP) is 3.02. The first-order chi connectivity index (χ1) is 12.0. The van der Waals surface area contributed by atoms with Crippen molar-refractivity contribution in [3.8, 4) is 5.75 Å². The molecule has 25 heavy (non-hydrogen) atoms. The van der Waals surface area contributed by atoms with E-state index in [1.54, 1.807) is 6.20 Å². The molecular weight excluding hydrogens is 347 g/mol. The molecule has 6 nitrogen and oxygen atoms in total. The molecule has 0 aliphatic carbocycles. The zero-order valence-corrected chi connectivity index (χ0v) is 14.0. The lowest BCUT2D eigenvalue weighted by Gasteiger charge is -2.05. The topological polar surface area (TPSA) is 74.3 Å². The van der Waals surface area contributed by atoms with Crippen LogP contribution in [0.5, 0.6) is 5.75 Å². The van der Waals surface area contributed by atoms with Crippen LogP contribution in [0, 0.1) is 5.82 Å². The minimum absolute atomic E-state index is 0.253. The molecule has 0 aliphatic heterocycles. The van der Waals surface area contributed by atoms with E-state index in [4.69, 9.17) is 9.15 Å². The van der Waals surface area contributed by atoms with Crippen LogP contribution >= 0.6 is 11.8 Å². The molecule has 0 bridgehead atoms. The van der Waals surface area contributed by atoms with Crippen molar-refractivity contribution < 1.29 is 18.3 Å². The number of aryl methyl sites for hydroxylation is 1. The van der Waals surface area contributed by atoms with Crippen LogP contribution in [0.15, 0.2) is 63.4 Å². The number of carbonyl (C=O) groups excluding carboxylic acids is 1. The fraction of sp³-hybridized carbons (Fsp3) is 0.118. The summed E-state index contributed by atoms with van der Waals surface area (Å²) in [7, 11) is 1.86. The Hall–Kier alpha value is -2.87. The Balaban J connectivity index is 1.70. The summed E-state index contributed by atoms with van der Waals surface area (Å²) in [5.74, 6) is -1.18. The Kier molecular flexibility index (Phi) is 4.99. The largest absolute Gasteiger partial charge is 0.464 e. The second-order valence-corrected chi connectivity index (χ2v) is 6.00. The molecule has 2 heterocycles. The number of carbonyl (C=O) groups is 1. The van der Waals surface area contributed by atoms with Crippen molar-refractivity contribution in [1.29, 1.82) is 0 Å². The zero-order valence-electron chi connectivity index (χ0n) is 13.1. The van der Waals surface area contributed by atoms with Gasteiger partial charge in [-0.25, -0.2) is 14.2 Å². The van der Waals surface area contributed by atoms with Crippen LogP contribution in [0.3, 0.4) is 0 Å². The van der Waals surface area contributed by atoms with Gasteiger partial charge in [-0.15, -0.1) is 0 Å². The minimum Gasteiger partial charge on any atom is -0.464 e. The van der Waals surface area contributed by atoms with Crippen LogP contribution in [0.2, 0.25) is 0 Å². The molecule has 0 unspecified atom stereocenters. The van der Waals surface area contributed by atoms with Crippen LogP contribution in [0.25, 0.3) is 0 Å². The van der Waals surface area contributed by atoms with Crippen molar-refractivity contribution in [3.05, 3.63) is 76.4 Å². The van der Waals surface area contributed by atoms with E-state index in [0.717, 1.165) is 17.5 Å². The van der Waals surface area contributed by atoms with E-state index in [1.807, 2.05) is 17.8 Å². The summed E-state index contributed by atoms with van der Waals surface area (Å²) in [6.07, 6.45) is 4.53. The summed E-state index contributed by atoms with van der Waals surface area (Å²) in [6, 6.07) is 6.60. The first kappa shape index (κ1) is 17.0. The number of hydrogen-bond donors (Lipinski definition) is 0. The monoisotopic (exact) mass is 360 g/mol. The van der Waals surface area contributed by atoms with Crippen molar-refractivity contribution in [2.45, 2.75) is 10.9 Å². The number of ether oxygens (including phenoxy) is 1. The number of aromatic nitrogens is 2. The lowest BCUT2D eigenvalue weighted by atomic mass is 10.2. The Morgan fingerprint density at radius 1 is 1.40 bits per heavy atom. The molecule has 0 fully saturated rings. The van der Waals surface area contributed by atoms with Crippen LogP contribution in [-0.4, -0.2) is 15.5 Å². The highest BCUT2D eigenvalue weighted by Crippen LogP contribution is 2.20.